The molecule has 0 aliphatic carbocycles. The molecule has 0 aromatic heterocycles. The molecule has 0 saturated heterocycles. The van der Waals surface area contributed by atoms with Crippen LogP contribution in [0, 0.1) is 6.92 Å². The highest BCUT2D eigenvalue weighted by Crippen LogP contribution is 2.07. The first-order valence-corrected chi connectivity index (χ1v) is 8.01. The minimum absolute atomic E-state index is 0.0308. The van der Waals surface area contributed by atoms with Crippen molar-refractivity contribution in [2.45, 2.75) is 39.5 Å². The number of hydrogen-bond donors (Lipinski definition) is 2. The molecule has 0 atom stereocenters. The van der Waals surface area contributed by atoms with E-state index in [1.165, 1.54) is 6.92 Å². The molecule has 1 aromatic carbocycles. The van der Waals surface area contributed by atoms with Gasteiger partial charge in [0, 0.05) is 44.3 Å². The molecule has 0 saturated carbocycles. The number of Topliss-reactive ketones (excluding diaryl/α,β-unsaturated/α-hetero) is 2. The SMILES string of the molecule is CC(=O)CCC(=O)NCCNC(=O)CCC(=O)c1ccc(C)cc1. The van der Waals surface area contributed by atoms with Crippen LogP contribution in [0.25, 0.3) is 0 Å². The van der Waals surface area contributed by atoms with Gasteiger partial charge in [-0.1, -0.05) is 29.8 Å². The molecule has 0 spiro atoms. The fraction of sp³-hybridized carbons (Fsp3) is 0.444. The number of ketones is 2. The summed E-state index contributed by atoms with van der Waals surface area (Å²) in [5, 5.41) is 5.26. The summed E-state index contributed by atoms with van der Waals surface area (Å²) >= 11 is 0. The third-order valence-corrected chi connectivity index (χ3v) is 3.43. The average molecular weight is 332 g/mol. The Hall–Kier alpha value is -2.50. The molecule has 1 aromatic rings. The Morgan fingerprint density at radius 2 is 1.29 bits per heavy atom. The number of carbonyl (C=O) groups excluding carboxylic acids is 4. The standard InChI is InChI=1S/C18H24N2O4/c1-13-3-6-15(7-4-13)16(22)8-10-18(24)20-12-11-19-17(23)9-5-14(2)21/h3-4,6-7H,5,8-12H2,1-2H3,(H,19,23)(H,20,24). The van der Waals surface area contributed by atoms with Gasteiger partial charge in [-0.2, -0.15) is 0 Å². The van der Waals surface area contributed by atoms with E-state index >= 15 is 0 Å². The first kappa shape index (κ1) is 19.5. The van der Waals surface area contributed by atoms with Gasteiger partial charge in [-0.05, 0) is 13.8 Å². The Morgan fingerprint density at radius 3 is 1.79 bits per heavy atom. The van der Waals surface area contributed by atoms with Crippen molar-refractivity contribution in [3.63, 3.8) is 0 Å². The molecule has 0 aliphatic rings. The van der Waals surface area contributed by atoms with Crippen LogP contribution in [0.4, 0.5) is 0 Å². The second kappa shape index (κ2) is 10.3. The summed E-state index contributed by atoms with van der Waals surface area (Å²) < 4.78 is 0. The lowest BCUT2D eigenvalue weighted by molar-refractivity contribution is -0.124. The normalized spacial score (nSPS) is 10.1. The van der Waals surface area contributed by atoms with Crippen LogP contribution < -0.4 is 10.6 Å². The molecule has 0 aliphatic heterocycles. The van der Waals surface area contributed by atoms with E-state index in [0.717, 1.165) is 5.56 Å². The summed E-state index contributed by atoms with van der Waals surface area (Å²) in [7, 11) is 0. The number of amides is 2. The summed E-state index contributed by atoms with van der Waals surface area (Å²) in [6, 6.07) is 7.24. The second-order valence-corrected chi connectivity index (χ2v) is 5.69. The zero-order chi connectivity index (χ0) is 17.9. The van der Waals surface area contributed by atoms with Gasteiger partial charge in [-0.25, -0.2) is 0 Å². The van der Waals surface area contributed by atoms with Crippen LogP contribution in [-0.2, 0) is 14.4 Å². The van der Waals surface area contributed by atoms with Crippen molar-refractivity contribution in [1.82, 2.24) is 10.6 Å². The van der Waals surface area contributed by atoms with Crippen molar-refractivity contribution < 1.29 is 19.2 Å². The van der Waals surface area contributed by atoms with Gasteiger partial charge in [-0.3, -0.25) is 14.4 Å². The minimum Gasteiger partial charge on any atom is -0.354 e. The Kier molecular flexibility index (Phi) is 8.39. The van der Waals surface area contributed by atoms with Crippen molar-refractivity contribution in [3.8, 4) is 0 Å². The predicted molar refractivity (Wildman–Crippen MR) is 90.7 cm³/mol. The highest BCUT2D eigenvalue weighted by Gasteiger charge is 2.09. The maximum absolute atomic E-state index is 11.9. The second-order valence-electron chi connectivity index (χ2n) is 5.69. The molecule has 6 nitrogen and oxygen atoms in total. The lowest BCUT2D eigenvalue weighted by atomic mass is 10.1. The van der Waals surface area contributed by atoms with Crippen molar-refractivity contribution >= 4 is 23.4 Å². The van der Waals surface area contributed by atoms with E-state index < -0.39 is 0 Å². The van der Waals surface area contributed by atoms with Gasteiger partial charge in [0.25, 0.3) is 0 Å². The predicted octanol–water partition coefficient (Wildman–Crippen LogP) is 1.56. The van der Waals surface area contributed by atoms with Crippen LogP contribution in [0.5, 0.6) is 0 Å². The molecular formula is C18H24N2O4. The van der Waals surface area contributed by atoms with Crippen LogP contribution in [0.3, 0.4) is 0 Å². The number of nitrogens with one attached hydrogen (secondary N) is 2. The molecule has 6 heteroatoms. The summed E-state index contributed by atoms with van der Waals surface area (Å²) in [6.07, 6.45) is 0.651. The molecule has 0 fully saturated rings. The minimum atomic E-state index is -0.228. The van der Waals surface area contributed by atoms with Crippen molar-refractivity contribution in [2.75, 3.05) is 13.1 Å². The van der Waals surface area contributed by atoms with Crippen LogP contribution in [0.2, 0.25) is 0 Å². The van der Waals surface area contributed by atoms with Crippen molar-refractivity contribution in [3.05, 3.63) is 35.4 Å². The molecule has 24 heavy (non-hydrogen) atoms. The van der Waals surface area contributed by atoms with E-state index in [2.05, 4.69) is 10.6 Å². The first-order valence-electron chi connectivity index (χ1n) is 8.01. The molecule has 0 bridgehead atoms. The molecular weight excluding hydrogens is 308 g/mol. The van der Waals surface area contributed by atoms with Crippen LogP contribution in [-0.4, -0.2) is 36.5 Å². The monoisotopic (exact) mass is 332 g/mol. The topological polar surface area (TPSA) is 92.3 Å². The third kappa shape index (κ3) is 8.22. The van der Waals surface area contributed by atoms with Crippen LogP contribution in [0.1, 0.15) is 48.5 Å². The Bertz CT molecular complexity index is 594. The van der Waals surface area contributed by atoms with Gasteiger partial charge in [0.2, 0.25) is 11.8 Å². The van der Waals surface area contributed by atoms with E-state index in [-0.39, 0.29) is 49.1 Å². The van der Waals surface area contributed by atoms with E-state index in [1.807, 2.05) is 19.1 Å². The Labute approximate surface area is 142 Å². The third-order valence-electron chi connectivity index (χ3n) is 3.43. The van der Waals surface area contributed by atoms with Crippen LogP contribution >= 0.6 is 0 Å². The van der Waals surface area contributed by atoms with E-state index in [1.54, 1.807) is 12.1 Å². The molecule has 2 N–H and O–H groups in total. The lowest BCUT2D eigenvalue weighted by Gasteiger charge is -2.07. The number of rotatable bonds is 10. The molecule has 0 unspecified atom stereocenters. The van der Waals surface area contributed by atoms with E-state index in [9.17, 15) is 19.2 Å². The summed E-state index contributed by atoms with van der Waals surface area (Å²) in [5.41, 5.74) is 1.68. The van der Waals surface area contributed by atoms with Crippen molar-refractivity contribution in [2.24, 2.45) is 0 Å². The maximum atomic E-state index is 11.9. The lowest BCUT2D eigenvalue weighted by Crippen LogP contribution is -2.34. The molecule has 0 heterocycles. The number of carbonyl (C=O) groups is 4. The van der Waals surface area contributed by atoms with Gasteiger partial charge in [0.05, 0.1) is 0 Å². The van der Waals surface area contributed by atoms with Crippen LogP contribution in [0.15, 0.2) is 24.3 Å². The molecule has 130 valence electrons. The van der Waals surface area contributed by atoms with E-state index in [4.69, 9.17) is 0 Å². The molecule has 1 rings (SSSR count). The largest absolute Gasteiger partial charge is 0.354 e. The quantitative estimate of drug-likeness (QED) is 0.502. The maximum Gasteiger partial charge on any atom is 0.220 e. The van der Waals surface area contributed by atoms with Gasteiger partial charge < -0.3 is 15.4 Å². The highest BCUT2D eigenvalue weighted by molar-refractivity contribution is 5.97. The zero-order valence-corrected chi connectivity index (χ0v) is 14.2. The summed E-state index contributed by atoms with van der Waals surface area (Å²) in [5.74, 6) is -0.540. The molecule has 0 radical (unpaired) electrons. The average Bonchev–Trinajstić information content (AvgIpc) is 2.55. The summed E-state index contributed by atoms with van der Waals surface area (Å²) in [6.45, 7) is 3.98. The fourth-order valence-electron chi connectivity index (χ4n) is 1.98. The Morgan fingerprint density at radius 1 is 0.792 bits per heavy atom. The van der Waals surface area contributed by atoms with Gasteiger partial charge in [-0.15, -0.1) is 0 Å². The fourth-order valence-corrected chi connectivity index (χ4v) is 1.98. The number of hydrogen-bond acceptors (Lipinski definition) is 4. The van der Waals surface area contributed by atoms with Gasteiger partial charge in [0.15, 0.2) is 5.78 Å². The number of aryl methyl sites for hydroxylation is 1. The van der Waals surface area contributed by atoms with Gasteiger partial charge in [0.1, 0.15) is 5.78 Å². The number of benzene rings is 1. The smallest absolute Gasteiger partial charge is 0.220 e. The van der Waals surface area contributed by atoms with E-state index in [0.29, 0.717) is 18.7 Å². The van der Waals surface area contributed by atoms with Gasteiger partial charge >= 0.3 is 0 Å². The van der Waals surface area contributed by atoms with Crippen molar-refractivity contribution in [1.29, 1.82) is 0 Å². The zero-order valence-electron chi connectivity index (χ0n) is 14.2. The molecule has 2 amide bonds. The first-order chi connectivity index (χ1) is 11.4. The summed E-state index contributed by atoms with van der Waals surface area (Å²) in [4.78, 5) is 45.7. The highest BCUT2D eigenvalue weighted by atomic mass is 16.2. The Balaban J connectivity index is 2.16.